The number of para-hydroxylation sites is 1. The van der Waals surface area contributed by atoms with E-state index in [-0.39, 0.29) is 11.9 Å². The second-order valence-electron chi connectivity index (χ2n) is 4.25. The summed E-state index contributed by atoms with van der Waals surface area (Å²) in [4.78, 5) is 12.1. The number of Topliss-reactive ketones (excluding diaryl/α,β-unsaturated/α-hetero) is 1. The number of ether oxygens (including phenoxy) is 1. The van der Waals surface area contributed by atoms with E-state index in [0.29, 0.717) is 17.7 Å². The maximum Gasteiger partial charge on any atom is 0.170 e. The van der Waals surface area contributed by atoms with Crippen molar-refractivity contribution < 1.29 is 9.53 Å². The Morgan fingerprint density at radius 2 is 1.78 bits per heavy atom. The molecule has 0 saturated heterocycles. The summed E-state index contributed by atoms with van der Waals surface area (Å²) in [5.41, 5.74) is 1.70. The zero-order valence-electron chi connectivity index (χ0n) is 9.60. The molecule has 1 aliphatic heterocycles. The van der Waals surface area contributed by atoms with Gasteiger partial charge in [0.05, 0.1) is 12.0 Å². The monoisotopic (exact) mass is 302 g/mol. The molecule has 3 rings (SSSR count). The van der Waals surface area contributed by atoms with E-state index < -0.39 is 0 Å². The fraction of sp³-hybridized carbons (Fsp3) is 0.133. The second-order valence-corrected chi connectivity index (χ2v) is 5.11. The summed E-state index contributed by atoms with van der Waals surface area (Å²) in [5, 5.41) is 0. The van der Waals surface area contributed by atoms with Crippen LogP contribution in [0.1, 0.15) is 28.4 Å². The molecule has 0 saturated carbocycles. The number of rotatable bonds is 1. The van der Waals surface area contributed by atoms with E-state index in [2.05, 4.69) is 15.9 Å². The Labute approximate surface area is 114 Å². The van der Waals surface area contributed by atoms with E-state index in [1.165, 1.54) is 0 Å². The Morgan fingerprint density at radius 1 is 1.06 bits per heavy atom. The first kappa shape index (κ1) is 11.5. The molecule has 0 fully saturated rings. The van der Waals surface area contributed by atoms with Crippen molar-refractivity contribution in [3.63, 3.8) is 0 Å². The number of hydrogen-bond acceptors (Lipinski definition) is 2. The molecule has 3 heteroatoms. The van der Waals surface area contributed by atoms with Crippen LogP contribution in [0.5, 0.6) is 5.75 Å². The van der Waals surface area contributed by atoms with Crippen molar-refractivity contribution in [2.45, 2.75) is 12.5 Å². The van der Waals surface area contributed by atoms with E-state index in [9.17, 15) is 4.79 Å². The van der Waals surface area contributed by atoms with Gasteiger partial charge in [0.15, 0.2) is 5.78 Å². The average Bonchev–Trinajstić information content (AvgIpc) is 2.39. The number of carbonyl (C=O) groups excluding carboxylic acids is 1. The van der Waals surface area contributed by atoms with Gasteiger partial charge in [0.25, 0.3) is 0 Å². The minimum absolute atomic E-state index is 0.137. The molecule has 0 amide bonds. The highest BCUT2D eigenvalue weighted by Crippen LogP contribution is 2.36. The minimum atomic E-state index is -0.206. The van der Waals surface area contributed by atoms with Gasteiger partial charge in [-0.2, -0.15) is 0 Å². The van der Waals surface area contributed by atoms with Crippen molar-refractivity contribution in [3.05, 3.63) is 64.1 Å². The highest BCUT2D eigenvalue weighted by atomic mass is 79.9. The molecule has 90 valence electrons. The summed E-state index contributed by atoms with van der Waals surface area (Å²) in [6.45, 7) is 0. The number of benzene rings is 2. The molecule has 2 aromatic carbocycles. The van der Waals surface area contributed by atoms with Crippen LogP contribution in [0, 0.1) is 0 Å². The standard InChI is InChI=1S/C15H11BrO2/c16-12-7-3-1-5-10(12)15-9-13(17)11-6-2-4-8-14(11)18-15/h1-8,15H,9H2/t15-/m0/s1. The Kier molecular flexibility index (Phi) is 2.92. The lowest BCUT2D eigenvalue weighted by molar-refractivity contribution is 0.0849. The van der Waals surface area contributed by atoms with Crippen LogP contribution in [0.4, 0.5) is 0 Å². The van der Waals surface area contributed by atoms with Crippen LogP contribution in [0.3, 0.4) is 0 Å². The quantitative estimate of drug-likeness (QED) is 0.791. The molecule has 1 atom stereocenters. The van der Waals surface area contributed by atoms with Gasteiger partial charge >= 0.3 is 0 Å². The van der Waals surface area contributed by atoms with Gasteiger partial charge in [0, 0.05) is 10.0 Å². The summed E-state index contributed by atoms with van der Waals surface area (Å²) in [6.07, 6.45) is 0.183. The molecule has 2 nitrogen and oxygen atoms in total. The normalized spacial score (nSPS) is 18.1. The molecule has 1 heterocycles. The molecule has 0 spiro atoms. The molecule has 0 aliphatic carbocycles. The van der Waals surface area contributed by atoms with Gasteiger partial charge in [0.1, 0.15) is 11.9 Å². The Bertz CT molecular complexity index is 607. The van der Waals surface area contributed by atoms with Crippen molar-refractivity contribution in [1.29, 1.82) is 0 Å². The molecule has 0 radical (unpaired) electrons. The molecule has 2 aromatic rings. The third-order valence-electron chi connectivity index (χ3n) is 3.08. The number of ketones is 1. The van der Waals surface area contributed by atoms with Crippen LogP contribution in [-0.2, 0) is 0 Å². The van der Waals surface area contributed by atoms with Gasteiger partial charge in [-0.3, -0.25) is 4.79 Å². The number of fused-ring (bicyclic) bond motifs is 1. The van der Waals surface area contributed by atoms with E-state index in [1.807, 2.05) is 48.5 Å². The molecule has 0 aromatic heterocycles. The van der Waals surface area contributed by atoms with Crippen LogP contribution >= 0.6 is 15.9 Å². The predicted octanol–water partition coefficient (Wildman–Crippen LogP) is 4.16. The van der Waals surface area contributed by atoms with Crippen molar-refractivity contribution >= 4 is 21.7 Å². The van der Waals surface area contributed by atoms with Crippen LogP contribution in [0.15, 0.2) is 53.0 Å². The highest BCUT2D eigenvalue weighted by Gasteiger charge is 2.28. The maximum atomic E-state index is 12.1. The summed E-state index contributed by atoms with van der Waals surface area (Å²) < 4.78 is 6.89. The summed E-state index contributed by atoms with van der Waals surface area (Å²) in [6, 6.07) is 15.2. The van der Waals surface area contributed by atoms with Gasteiger partial charge in [-0.1, -0.05) is 46.3 Å². The number of carbonyl (C=O) groups is 1. The highest BCUT2D eigenvalue weighted by molar-refractivity contribution is 9.10. The Hall–Kier alpha value is -1.61. The van der Waals surface area contributed by atoms with Crippen LogP contribution in [-0.4, -0.2) is 5.78 Å². The first-order valence-corrected chi connectivity index (χ1v) is 6.58. The summed E-state index contributed by atoms with van der Waals surface area (Å²) in [5.74, 6) is 0.812. The Morgan fingerprint density at radius 3 is 2.61 bits per heavy atom. The molecular formula is C15H11BrO2. The van der Waals surface area contributed by atoms with Crippen LogP contribution < -0.4 is 4.74 Å². The van der Waals surface area contributed by atoms with E-state index in [4.69, 9.17) is 4.74 Å². The lowest BCUT2D eigenvalue weighted by Crippen LogP contribution is -2.20. The second kappa shape index (κ2) is 4.58. The zero-order chi connectivity index (χ0) is 12.5. The van der Waals surface area contributed by atoms with E-state index >= 15 is 0 Å². The largest absolute Gasteiger partial charge is 0.484 e. The topological polar surface area (TPSA) is 26.3 Å². The van der Waals surface area contributed by atoms with Gasteiger partial charge in [-0.05, 0) is 18.2 Å². The minimum Gasteiger partial charge on any atom is -0.484 e. The fourth-order valence-electron chi connectivity index (χ4n) is 2.18. The third kappa shape index (κ3) is 1.95. The van der Waals surface area contributed by atoms with Crippen molar-refractivity contribution in [2.75, 3.05) is 0 Å². The van der Waals surface area contributed by atoms with Gasteiger partial charge in [-0.25, -0.2) is 0 Å². The SMILES string of the molecule is O=C1C[C@@H](c2ccccc2Br)Oc2ccccc21. The molecule has 0 N–H and O–H groups in total. The molecule has 18 heavy (non-hydrogen) atoms. The number of halogens is 1. The fourth-order valence-corrected chi connectivity index (χ4v) is 2.72. The van der Waals surface area contributed by atoms with Crippen molar-refractivity contribution in [2.24, 2.45) is 0 Å². The Balaban J connectivity index is 2.00. The molecular weight excluding hydrogens is 292 g/mol. The summed E-state index contributed by atoms with van der Waals surface area (Å²) in [7, 11) is 0. The van der Waals surface area contributed by atoms with Crippen LogP contribution in [0.2, 0.25) is 0 Å². The first-order valence-electron chi connectivity index (χ1n) is 5.79. The molecule has 0 unspecified atom stereocenters. The average molecular weight is 303 g/mol. The maximum absolute atomic E-state index is 12.1. The van der Waals surface area contributed by atoms with Gasteiger partial charge in [-0.15, -0.1) is 0 Å². The predicted molar refractivity (Wildman–Crippen MR) is 72.9 cm³/mol. The van der Waals surface area contributed by atoms with Gasteiger partial charge in [0.2, 0.25) is 0 Å². The zero-order valence-corrected chi connectivity index (χ0v) is 11.2. The smallest absolute Gasteiger partial charge is 0.170 e. The van der Waals surface area contributed by atoms with Crippen molar-refractivity contribution in [1.82, 2.24) is 0 Å². The van der Waals surface area contributed by atoms with E-state index in [0.717, 1.165) is 10.0 Å². The van der Waals surface area contributed by atoms with Gasteiger partial charge < -0.3 is 4.74 Å². The first-order chi connectivity index (χ1) is 8.75. The van der Waals surface area contributed by atoms with Crippen LogP contribution in [0.25, 0.3) is 0 Å². The van der Waals surface area contributed by atoms with E-state index in [1.54, 1.807) is 0 Å². The lowest BCUT2D eigenvalue weighted by Gasteiger charge is -2.26. The summed E-state index contributed by atoms with van der Waals surface area (Å²) >= 11 is 3.50. The molecule has 0 bridgehead atoms. The van der Waals surface area contributed by atoms with Crippen molar-refractivity contribution in [3.8, 4) is 5.75 Å². The number of hydrogen-bond donors (Lipinski definition) is 0. The molecule has 1 aliphatic rings. The lowest BCUT2D eigenvalue weighted by atomic mass is 9.96. The third-order valence-corrected chi connectivity index (χ3v) is 3.80.